The maximum atomic E-state index is 11.7. The maximum absolute atomic E-state index is 11.7. The predicted octanol–water partition coefficient (Wildman–Crippen LogP) is 3.21. The van der Waals surface area contributed by atoms with Crippen molar-refractivity contribution in [1.82, 2.24) is 4.98 Å². The molecule has 0 aliphatic heterocycles. The van der Waals surface area contributed by atoms with Crippen molar-refractivity contribution in [2.45, 2.75) is 6.92 Å². The molecule has 21 heavy (non-hydrogen) atoms. The number of hydrogen-bond donors (Lipinski definition) is 1. The number of benzene rings is 1. The lowest BCUT2D eigenvalue weighted by Gasteiger charge is -2.00. The highest BCUT2D eigenvalue weighted by Crippen LogP contribution is 2.27. The summed E-state index contributed by atoms with van der Waals surface area (Å²) in [5.41, 5.74) is 1.14. The third-order valence-electron chi connectivity index (χ3n) is 2.44. The predicted molar refractivity (Wildman–Crippen MR) is 80.7 cm³/mol. The zero-order valence-electron chi connectivity index (χ0n) is 11.4. The second kappa shape index (κ2) is 6.85. The normalized spacial score (nSPS) is 10.1. The van der Waals surface area contributed by atoms with E-state index in [1.54, 1.807) is 25.1 Å². The van der Waals surface area contributed by atoms with Crippen molar-refractivity contribution < 1.29 is 19.1 Å². The molecule has 0 unspecified atom stereocenters. The summed E-state index contributed by atoms with van der Waals surface area (Å²) in [6, 6.07) is 5.03. The van der Waals surface area contributed by atoms with Gasteiger partial charge in [0, 0.05) is 0 Å². The van der Waals surface area contributed by atoms with E-state index >= 15 is 0 Å². The minimum Gasteiger partial charge on any atom is -0.462 e. The number of nitrogens with zero attached hydrogens (tertiary/aromatic N) is 1. The van der Waals surface area contributed by atoms with Crippen molar-refractivity contribution in [3.8, 4) is 0 Å². The summed E-state index contributed by atoms with van der Waals surface area (Å²) in [5.74, 6) is -0.382. The lowest BCUT2D eigenvalue weighted by molar-refractivity contribution is 0.0526. The van der Waals surface area contributed by atoms with E-state index in [1.165, 1.54) is 17.4 Å². The van der Waals surface area contributed by atoms with E-state index in [4.69, 9.17) is 9.47 Å². The van der Waals surface area contributed by atoms with Gasteiger partial charge in [0.15, 0.2) is 5.13 Å². The van der Waals surface area contributed by atoms with Gasteiger partial charge in [-0.3, -0.25) is 5.32 Å². The summed E-state index contributed by atoms with van der Waals surface area (Å²) in [6.07, 6.45) is 0.878. The number of fused-ring (bicyclic) bond motifs is 1. The molecule has 1 heterocycles. The fourth-order valence-electron chi connectivity index (χ4n) is 1.58. The Morgan fingerprint density at radius 2 is 2.24 bits per heavy atom. The fraction of sp³-hybridized carbons (Fsp3) is 0.214. The number of carbonyl (C=O) groups is 2. The summed E-state index contributed by atoms with van der Waals surface area (Å²) < 4.78 is 10.5. The van der Waals surface area contributed by atoms with E-state index in [9.17, 15) is 9.59 Å². The van der Waals surface area contributed by atoms with Gasteiger partial charge in [0.2, 0.25) is 0 Å². The number of esters is 1. The van der Waals surface area contributed by atoms with E-state index in [-0.39, 0.29) is 12.6 Å². The third kappa shape index (κ3) is 3.79. The Hall–Kier alpha value is -2.41. The first-order valence-electron chi connectivity index (χ1n) is 6.26. The molecule has 0 bridgehead atoms. The smallest absolute Gasteiger partial charge is 0.413 e. The Bertz CT molecular complexity index is 681. The van der Waals surface area contributed by atoms with Gasteiger partial charge in [-0.2, -0.15) is 0 Å². The molecule has 1 N–H and O–H groups in total. The van der Waals surface area contributed by atoms with Gasteiger partial charge in [0.05, 0.1) is 22.4 Å². The van der Waals surface area contributed by atoms with Crippen LogP contribution in [0.15, 0.2) is 30.9 Å². The maximum Gasteiger partial charge on any atom is 0.413 e. The number of aromatic nitrogens is 1. The molecule has 2 rings (SSSR count). The number of ether oxygens (including phenoxy) is 2. The first-order valence-corrected chi connectivity index (χ1v) is 7.08. The van der Waals surface area contributed by atoms with Gasteiger partial charge in [-0.25, -0.2) is 14.6 Å². The van der Waals surface area contributed by atoms with Crippen molar-refractivity contribution in [2.24, 2.45) is 0 Å². The van der Waals surface area contributed by atoms with Crippen LogP contribution in [-0.2, 0) is 9.47 Å². The number of hydrogen-bond acceptors (Lipinski definition) is 6. The number of amides is 1. The standard InChI is InChI=1S/C14H14N2O4S/c1-3-7-20-14(18)16-13-15-10-6-5-9(8-11(10)21-13)12(17)19-4-2/h3,5-6,8H,1,4,7H2,2H3,(H,15,16,18). The molecule has 0 aliphatic rings. The SMILES string of the molecule is C=CCOC(=O)Nc1nc2ccc(C(=O)OCC)cc2s1. The molecule has 0 fully saturated rings. The summed E-state index contributed by atoms with van der Waals surface area (Å²) in [5, 5.41) is 2.93. The van der Waals surface area contributed by atoms with E-state index in [0.717, 1.165) is 4.70 Å². The van der Waals surface area contributed by atoms with Gasteiger partial charge in [0.25, 0.3) is 0 Å². The number of rotatable bonds is 5. The van der Waals surface area contributed by atoms with E-state index in [0.29, 0.717) is 22.8 Å². The minimum atomic E-state index is -0.598. The average Bonchev–Trinajstić information content (AvgIpc) is 2.86. The van der Waals surface area contributed by atoms with Crippen LogP contribution in [-0.4, -0.2) is 30.3 Å². The van der Waals surface area contributed by atoms with Gasteiger partial charge in [-0.05, 0) is 25.1 Å². The van der Waals surface area contributed by atoms with Crippen molar-refractivity contribution >= 4 is 38.7 Å². The van der Waals surface area contributed by atoms with Gasteiger partial charge in [-0.15, -0.1) is 0 Å². The first-order chi connectivity index (χ1) is 10.1. The molecular weight excluding hydrogens is 292 g/mol. The molecule has 0 saturated heterocycles. The van der Waals surface area contributed by atoms with Crippen LogP contribution in [0.25, 0.3) is 10.2 Å². The Labute approximate surface area is 125 Å². The topological polar surface area (TPSA) is 77.5 Å². The molecule has 2 aromatic rings. The molecule has 0 radical (unpaired) electrons. The molecule has 0 saturated carbocycles. The summed E-state index contributed by atoms with van der Waals surface area (Å²) >= 11 is 1.25. The number of anilines is 1. The number of carbonyl (C=O) groups excluding carboxylic acids is 2. The molecule has 1 aromatic carbocycles. The molecule has 0 aliphatic carbocycles. The number of nitrogens with one attached hydrogen (secondary N) is 1. The van der Waals surface area contributed by atoms with E-state index in [1.807, 2.05) is 0 Å². The molecule has 0 atom stereocenters. The van der Waals surface area contributed by atoms with E-state index in [2.05, 4.69) is 16.9 Å². The Balaban J connectivity index is 2.16. The van der Waals surface area contributed by atoms with Gasteiger partial charge in [-0.1, -0.05) is 24.0 Å². The highest BCUT2D eigenvalue weighted by Gasteiger charge is 2.11. The van der Waals surface area contributed by atoms with Crippen LogP contribution >= 0.6 is 11.3 Å². The van der Waals surface area contributed by atoms with Crippen molar-refractivity contribution in [3.63, 3.8) is 0 Å². The lowest BCUT2D eigenvalue weighted by Crippen LogP contribution is -2.13. The zero-order valence-corrected chi connectivity index (χ0v) is 12.2. The van der Waals surface area contributed by atoms with Gasteiger partial charge >= 0.3 is 12.1 Å². The molecule has 7 heteroatoms. The van der Waals surface area contributed by atoms with Gasteiger partial charge in [0.1, 0.15) is 6.61 Å². The van der Waals surface area contributed by atoms with Crippen molar-refractivity contribution in [3.05, 3.63) is 36.4 Å². The third-order valence-corrected chi connectivity index (χ3v) is 3.37. The molecule has 1 aromatic heterocycles. The van der Waals surface area contributed by atoms with E-state index < -0.39 is 6.09 Å². The molecule has 110 valence electrons. The molecular formula is C14H14N2O4S. The summed E-state index contributed by atoms with van der Waals surface area (Å²) in [4.78, 5) is 27.3. The first kappa shape index (κ1) is 15.0. The fourth-order valence-corrected chi connectivity index (χ4v) is 2.47. The highest BCUT2D eigenvalue weighted by molar-refractivity contribution is 7.22. The minimum absolute atomic E-state index is 0.129. The van der Waals surface area contributed by atoms with Crippen molar-refractivity contribution in [2.75, 3.05) is 18.5 Å². The van der Waals surface area contributed by atoms with Gasteiger partial charge < -0.3 is 9.47 Å². The Kier molecular flexibility index (Phi) is 4.89. The second-order valence-corrected chi connectivity index (χ2v) is 4.96. The second-order valence-electron chi connectivity index (χ2n) is 3.93. The van der Waals surface area contributed by atoms with Crippen LogP contribution in [0.1, 0.15) is 17.3 Å². The van der Waals surface area contributed by atoms with Crippen LogP contribution in [0.3, 0.4) is 0 Å². The molecule has 0 spiro atoms. The quantitative estimate of drug-likeness (QED) is 0.678. The lowest BCUT2D eigenvalue weighted by atomic mass is 10.2. The van der Waals surface area contributed by atoms with Crippen LogP contribution in [0.4, 0.5) is 9.93 Å². The molecule has 6 nitrogen and oxygen atoms in total. The largest absolute Gasteiger partial charge is 0.462 e. The Morgan fingerprint density at radius 1 is 1.43 bits per heavy atom. The monoisotopic (exact) mass is 306 g/mol. The molecule has 1 amide bonds. The van der Waals surface area contributed by atoms with Crippen LogP contribution in [0, 0.1) is 0 Å². The Morgan fingerprint density at radius 3 is 2.95 bits per heavy atom. The van der Waals surface area contributed by atoms with Crippen molar-refractivity contribution in [1.29, 1.82) is 0 Å². The zero-order chi connectivity index (χ0) is 15.2. The van der Waals surface area contributed by atoms with Crippen LogP contribution < -0.4 is 5.32 Å². The average molecular weight is 306 g/mol. The summed E-state index contributed by atoms with van der Waals surface area (Å²) in [6.45, 7) is 5.65. The van der Waals surface area contributed by atoms with Crippen LogP contribution in [0.2, 0.25) is 0 Å². The number of thiazole rings is 1. The van der Waals surface area contributed by atoms with Crippen LogP contribution in [0.5, 0.6) is 0 Å². The summed E-state index contributed by atoms with van der Waals surface area (Å²) in [7, 11) is 0. The highest BCUT2D eigenvalue weighted by atomic mass is 32.1.